The number of aryl methyl sites for hydroxylation is 1. The van der Waals surface area contributed by atoms with Crippen molar-refractivity contribution < 1.29 is 9.90 Å². The highest BCUT2D eigenvalue weighted by atomic mass is 32.1. The fourth-order valence-electron chi connectivity index (χ4n) is 0.855. The van der Waals surface area contributed by atoms with Crippen LogP contribution < -0.4 is 5.32 Å². The molecule has 0 aliphatic rings. The first-order chi connectivity index (χ1) is 5.75. The third-order valence-electron chi connectivity index (χ3n) is 1.47. The van der Waals surface area contributed by atoms with Crippen LogP contribution in [0.3, 0.4) is 0 Å². The summed E-state index contributed by atoms with van der Waals surface area (Å²) < 4.78 is 0. The summed E-state index contributed by atoms with van der Waals surface area (Å²) in [6.45, 7) is 2.19. The number of amides is 1. The molecule has 1 rings (SSSR count). The van der Waals surface area contributed by atoms with E-state index in [-0.39, 0.29) is 12.5 Å². The topological polar surface area (TPSA) is 49.3 Å². The largest absolute Gasteiger partial charge is 0.395 e. The Hall–Kier alpha value is -0.870. The van der Waals surface area contributed by atoms with Crippen LogP contribution in [0.5, 0.6) is 0 Å². The highest BCUT2D eigenvalue weighted by Gasteiger charge is 2.08. The van der Waals surface area contributed by atoms with Gasteiger partial charge in [0.1, 0.15) is 0 Å². The molecule has 0 fully saturated rings. The third kappa shape index (κ3) is 2.06. The molecule has 0 saturated carbocycles. The molecule has 12 heavy (non-hydrogen) atoms. The highest BCUT2D eigenvalue weighted by molar-refractivity contribution is 7.12. The van der Waals surface area contributed by atoms with E-state index in [1.165, 1.54) is 11.3 Å². The van der Waals surface area contributed by atoms with Crippen LogP contribution in [0.2, 0.25) is 0 Å². The Morgan fingerprint density at radius 1 is 1.75 bits per heavy atom. The summed E-state index contributed by atoms with van der Waals surface area (Å²) >= 11 is 1.41. The second-order valence-electron chi connectivity index (χ2n) is 2.41. The molecule has 0 atom stereocenters. The van der Waals surface area contributed by atoms with Gasteiger partial charge in [-0.1, -0.05) is 0 Å². The molecule has 0 unspecified atom stereocenters. The van der Waals surface area contributed by atoms with Gasteiger partial charge in [-0.15, -0.1) is 11.3 Å². The summed E-state index contributed by atoms with van der Waals surface area (Å²) in [6.07, 6.45) is 0. The van der Waals surface area contributed by atoms with E-state index < -0.39 is 0 Å². The zero-order chi connectivity index (χ0) is 8.97. The quantitative estimate of drug-likeness (QED) is 0.731. The van der Waals surface area contributed by atoms with Gasteiger partial charge in [0, 0.05) is 6.54 Å². The van der Waals surface area contributed by atoms with Crippen LogP contribution >= 0.6 is 11.3 Å². The van der Waals surface area contributed by atoms with Crippen molar-refractivity contribution in [3.8, 4) is 0 Å². The van der Waals surface area contributed by atoms with E-state index in [0.717, 1.165) is 10.4 Å². The first-order valence-corrected chi connectivity index (χ1v) is 4.57. The second kappa shape index (κ2) is 4.23. The van der Waals surface area contributed by atoms with Gasteiger partial charge < -0.3 is 10.4 Å². The standard InChI is InChI=1S/C8H11NO2S/c1-6-2-5-12-7(6)8(11)9-3-4-10/h2,5,10H,3-4H2,1H3,(H,9,11). The maximum Gasteiger partial charge on any atom is 0.261 e. The summed E-state index contributed by atoms with van der Waals surface area (Å²) in [5, 5.41) is 12.9. The van der Waals surface area contributed by atoms with E-state index in [1.807, 2.05) is 18.4 Å². The van der Waals surface area contributed by atoms with Crippen molar-refractivity contribution in [3.05, 3.63) is 21.9 Å². The van der Waals surface area contributed by atoms with Gasteiger partial charge in [0.2, 0.25) is 0 Å². The Labute approximate surface area is 75.0 Å². The molecule has 2 N–H and O–H groups in total. The van der Waals surface area contributed by atoms with Crippen molar-refractivity contribution >= 4 is 17.2 Å². The van der Waals surface area contributed by atoms with Crippen molar-refractivity contribution in [2.24, 2.45) is 0 Å². The monoisotopic (exact) mass is 185 g/mol. The predicted molar refractivity (Wildman–Crippen MR) is 48.5 cm³/mol. The summed E-state index contributed by atoms with van der Waals surface area (Å²) in [7, 11) is 0. The molecule has 66 valence electrons. The minimum absolute atomic E-state index is 0.0177. The number of aliphatic hydroxyl groups excluding tert-OH is 1. The number of aliphatic hydroxyl groups is 1. The molecule has 0 aliphatic carbocycles. The maximum atomic E-state index is 11.3. The average Bonchev–Trinajstić information content (AvgIpc) is 2.47. The van der Waals surface area contributed by atoms with Crippen LogP contribution in [0, 0.1) is 6.92 Å². The molecular weight excluding hydrogens is 174 g/mol. The molecule has 1 aromatic rings. The maximum absolute atomic E-state index is 11.3. The molecule has 0 spiro atoms. The minimum Gasteiger partial charge on any atom is -0.395 e. The summed E-state index contributed by atoms with van der Waals surface area (Å²) in [5.74, 6) is -0.100. The Morgan fingerprint density at radius 3 is 3.00 bits per heavy atom. The Kier molecular flexibility index (Phi) is 3.25. The molecule has 0 radical (unpaired) electrons. The average molecular weight is 185 g/mol. The number of nitrogens with one attached hydrogen (secondary N) is 1. The lowest BCUT2D eigenvalue weighted by Gasteiger charge is -2.00. The van der Waals surface area contributed by atoms with Gasteiger partial charge in [0.25, 0.3) is 5.91 Å². The number of thiophene rings is 1. The van der Waals surface area contributed by atoms with Crippen LogP contribution in [0.15, 0.2) is 11.4 Å². The zero-order valence-corrected chi connectivity index (χ0v) is 7.65. The normalized spacial score (nSPS) is 9.83. The van der Waals surface area contributed by atoms with Gasteiger partial charge in [0.05, 0.1) is 11.5 Å². The fraction of sp³-hybridized carbons (Fsp3) is 0.375. The fourth-order valence-corrected chi connectivity index (χ4v) is 1.70. The molecule has 0 aromatic carbocycles. The van der Waals surface area contributed by atoms with Crippen LogP contribution in [0.25, 0.3) is 0 Å². The predicted octanol–water partition coefficient (Wildman–Crippen LogP) is 0.779. The number of hydrogen-bond acceptors (Lipinski definition) is 3. The number of carbonyl (C=O) groups is 1. The van der Waals surface area contributed by atoms with Gasteiger partial charge in [0.15, 0.2) is 0 Å². The number of hydrogen-bond donors (Lipinski definition) is 2. The molecule has 0 saturated heterocycles. The molecule has 3 nitrogen and oxygen atoms in total. The lowest BCUT2D eigenvalue weighted by atomic mass is 10.3. The smallest absolute Gasteiger partial charge is 0.261 e. The van der Waals surface area contributed by atoms with E-state index in [1.54, 1.807) is 0 Å². The lowest BCUT2D eigenvalue weighted by Crippen LogP contribution is -2.25. The van der Waals surface area contributed by atoms with Gasteiger partial charge >= 0.3 is 0 Å². The highest BCUT2D eigenvalue weighted by Crippen LogP contribution is 2.14. The first-order valence-electron chi connectivity index (χ1n) is 3.69. The van der Waals surface area contributed by atoms with Crippen molar-refractivity contribution in [2.75, 3.05) is 13.2 Å². The van der Waals surface area contributed by atoms with Crippen molar-refractivity contribution in [2.45, 2.75) is 6.92 Å². The number of rotatable bonds is 3. The van der Waals surface area contributed by atoms with E-state index in [4.69, 9.17) is 5.11 Å². The Bertz CT molecular complexity index is 270. The van der Waals surface area contributed by atoms with Gasteiger partial charge in [-0.2, -0.15) is 0 Å². The second-order valence-corrected chi connectivity index (χ2v) is 3.33. The molecule has 1 heterocycles. The lowest BCUT2D eigenvalue weighted by molar-refractivity contribution is 0.0948. The molecule has 1 aromatic heterocycles. The van der Waals surface area contributed by atoms with Gasteiger partial charge in [-0.3, -0.25) is 4.79 Å². The first kappa shape index (κ1) is 9.22. The number of carbonyl (C=O) groups excluding carboxylic acids is 1. The SMILES string of the molecule is Cc1ccsc1C(=O)NCCO. The van der Waals surface area contributed by atoms with Crippen molar-refractivity contribution in [1.29, 1.82) is 0 Å². The molecule has 4 heteroatoms. The van der Waals surface area contributed by atoms with Crippen molar-refractivity contribution in [3.63, 3.8) is 0 Å². The van der Waals surface area contributed by atoms with Crippen LogP contribution in [0.1, 0.15) is 15.2 Å². The van der Waals surface area contributed by atoms with E-state index >= 15 is 0 Å². The van der Waals surface area contributed by atoms with Gasteiger partial charge in [-0.05, 0) is 23.9 Å². The molecular formula is C8H11NO2S. The molecule has 0 bridgehead atoms. The molecule has 1 amide bonds. The third-order valence-corrected chi connectivity index (χ3v) is 2.48. The van der Waals surface area contributed by atoms with Crippen LogP contribution in [-0.4, -0.2) is 24.2 Å². The summed E-state index contributed by atoms with van der Waals surface area (Å²) in [4.78, 5) is 12.0. The van der Waals surface area contributed by atoms with Crippen LogP contribution in [-0.2, 0) is 0 Å². The summed E-state index contributed by atoms with van der Waals surface area (Å²) in [5.41, 5.74) is 0.982. The van der Waals surface area contributed by atoms with E-state index in [2.05, 4.69) is 5.32 Å². The van der Waals surface area contributed by atoms with E-state index in [0.29, 0.717) is 6.54 Å². The van der Waals surface area contributed by atoms with Crippen LogP contribution in [0.4, 0.5) is 0 Å². The molecule has 0 aliphatic heterocycles. The summed E-state index contributed by atoms with van der Waals surface area (Å²) in [6, 6.07) is 1.90. The minimum atomic E-state index is -0.100. The van der Waals surface area contributed by atoms with Gasteiger partial charge in [-0.25, -0.2) is 0 Å². The zero-order valence-electron chi connectivity index (χ0n) is 6.83. The van der Waals surface area contributed by atoms with Crippen molar-refractivity contribution in [1.82, 2.24) is 5.32 Å². The Morgan fingerprint density at radius 2 is 2.50 bits per heavy atom. The Balaban J connectivity index is 2.59. The van der Waals surface area contributed by atoms with E-state index in [9.17, 15) is 4.79 Å².